The number of primary amides is 1. The van der Waals surface area contributed by atoms with Gasteiger partial charge >= 0.3 is 0 Å². The number of amides is 1. The number of carbonyl (C=O) groups is 1. The summed E-state index contributed by atoms with van der Waals surface area (Å²) in [6.07, 6.45) is 3.08. The molecular weight excluding hydrogens is 244 g/mol. The summed E-state index contributed by atoms with van der Waals surface area (Å²) >= 11 is 0. The Balaban J connectivity index is 3.15. The molecule has 0 fully saturated rings. The van der Waals surface area contributed by atoms with Crippen molar-refractivity contribution >= 4 is 5.91 Å². The van der Waals surface area contributed by atoms with E-state index in [4.69, 9.17) is 15.2 Å². The van der Waals surface area contributed by atoms with Crippen molar-refractivity contribution in [3.05, 3.63) is 0 Å². The Morgan fingerprint density at radius 2 is 1.74 bits per heavy atom. The minimum atomic E-state index is -0.416. The maximum Gasteiger partial charge on any atom is 0.243 e. The van der Waals surface area contributed by atoms with Gasteiger partial charge in [-0.3, -0.25) is 4.79 Å². The Morgan fingerprint density at radius 3 is 2.32 bits per heavy atom. The van der Waals surface area contributed by atoms with E-state index in [-0.39, 0.29) is 6.61 Å². The highest BCUT2D eigenvalue weighted by molar-refractivity contribution is 5.74. The fourth-order valence-corrected chi connectivity index (χ4v) is 1.49. The van der Waals surface area contributed by atoms with Gasteiger partial charge in [0.1, 0.15) is 6.61 Å². The lowest BCUT2D eigenvalue weighted by Crippen LogP contribution is -2.25. The lowest BCUT2D eigenvalue weighted by molar-refractivity contribution is -0.122. The molecule has 2 N–H and O–H groups in total. The molecule has 5 nitrogen and oxygen atoms in total. The van der Waals surface area contributed by atoms with Crippen LogP contribution in [-0.4, -0.2) is 57.4 Å². The number of likely N-dealkylation sites (N-methyl/N-ethyl adjacent to an activating group) is 1. The van der Waals surface area contributed by atoms with Gasteiger partial charge in [-0.15, -0.1) is 0 Å². The molecule has 19 heavy (non-hydrogen) atoms. The van der Waals surface area contributed by atoms with Gasteiger partial charge in [0.25, 0.3) is 0 Å². The normalized spacial score (nSPS) is 11.4. The molecule has 0 heterocycles. The molecule has 0 aliphatic rings. The van der Waals surface area contributed by atoms with Crippen molar-refractivity contribution in [2.45, 2.75) is 33.1 Å². The fourth-order valence-electron chi connectivity index (χ4n) is 1.49. The molecule has 0 aromatic carbocycles. The molecular formula is C14H30N2O3. The predicted molar refractivity (Wildman–Crippen MR) is 77.0 cm³/mol. The third-order valence-corrected chi connectivity index (χ3v) is 2.78. The van der Waals surface area contributed by atoms with E-state index in [9.17, 15) is 4.79 Å². The van der Waals surface area contributed by atoms with E-state index in [1.165, 1.54) is 6.42 Å². The number of rotatable bonds is 13. The molecule has 0 spiro atoms. The van der Waals surface area contributed by atoms with Crippen LogP contribution >= 0.6 is 0 Å². The van der Waals surface area contributed by atoms with Crippen LogP contribution in [0.3, 0.4) is 0 Å². The van der Waals surface area contributed by atoms with E-state index in [1.807, 2.05) is 0 Å². The van der Waals surface area contributed by atoms with Crippen molar-refractivity contribution in [3.63, 3.8) is 0 Å². The Labute approximate surface area is 117 Å². The highest BCUT2D eigenvalue weighted by Gasteiger charge is 2.00. The second-order valence-electron chi connectivity index (χ2n) is 5.32. The number of nitrogens with two attached hydrogens (primary N) is 1. The summed E-state index contributed by atoms with van der Waals surface area (Å²) in [5, 5.41) is 0. The summed E-state index contributed by atoms with van der Waals surface area (Å²) < 4.78 is 10.6. The van der Waals surface area contributed by atoms with E-state index in [0.717, 1.165) is 45.1 Å². The molecule has 0 bridgehead atoms. The van der Waals surface area contributed by atoms with Gasteiger partial charge in [-0.05, 0) is 38.8 Å². The van der Waals surface area contributed by atoms with Crippen LogP contribution in [0.1, 0.15) is 33.1 Å². The third kappa shape index (κ3) is 15.3. The van der Waals surface area contributed by atoms with E-state index in [1.54, 1.807) is 0 Å². The van der Waals surface area contributed by atoms with Crippen LogP contribution in [0, 0.1) is 5.92 Å². The zero-order valence-corrected chi connectivity index (χ0v) is 12.7. The molecule has 0 unspecified atom stereocenters. The average Bonchev–Trinajstić information content (AvgIpc) is 2.34. The van der Waals surface area contributed by atoms with Crippen molar-refractivity contribution in [2.75, 3.05) is 46.6 Å². The van der Waals surface area contributed by atoms with Crippen molar-refractivity contribution in [1.29, 1.82) is 0 Å². The molecule has 0 aromatic rings. The molecule has 1 amide bonds. The van der Waals surface area contributed by atoms with E-state index >= 15 is 0 Å². The molecule has 0 aromatic heterocycles. The lowest BCUT2D eigenvalue weighted by Gasteiger charge is -2.17. The van der Waals surface area contributed by atoms with Crippen molar-refractivity contribution in [3.8, 4) is 0 Å². The second kappa shape index (κ2) is 12.4. The Kier molecular flexibility index (Phi) is 12.0. The van der Waals surface area contributed by atoms with Gasteiger partial charge in [-0.25, -0.2) is 0 Å². The van der Waals surface area contributed by atoms with Gasteiger partial charge in [0.05, 0.1) is 6.61 Å². The first kappa shape index (κ1) is 18.4. The zero-order valence-electron chi connectivity index (χ0n) is 12.7. The van der Waals surface area contributed by atoms with Crippen LogP contribution in [-0.2, 0) is 14.3 Å². The maximum atomic E-state index is 10.4. The smallest absolute Gasteiger partial charge is 0.243 e. The first-order valence-electron chi connectivity index (χ1n) is 7.14. The largest absolute Gasteiger partial charge is 0.380 e. The number of ether oxygens (including phenoxy) is 2. The first-order chi connectivity index (χ1) is 9.02. The average molecular weight is 274 g/mol. The number of hydrogen-bond donors (Lipinski definition) is 1. The summed E-state index contributed by atoms with van der Waals surface area (Å²) in [4.78, 5) is 12.7. The summed E-state index contributed by atoms with van der Waals surface area (Å²) in [6.45, 7) is 8.69. The van der Waals surface area contributed by atoms with Gasteiger partial charge in [0, 0.05) is 19.8 Å². The van der Waals surface area contributed by atoms with Crippen LogP contribution in [0.2, 0.25) is 0 Å². The first-order valence-corrected chi connectivity index (χ1v) is 7.14. The quantitative estimate of drug-likeness (QED) is 0.514. The highest BCUT2D eigenvalue weighted by Crippen LogP contribution is 2.00. The number of unbranched alkanes of at least 4 members (excludes halogenated alkanes) is 1. The van der Waals surface area contributed by atoms with Crippen LogP contribution in [0.15, 0.2) is 0 Å². The molecule has 0 rings (SSSR count). The van der Waals surface area contributed by atoms with Crippen LogP contribution in [0.5, 0.6) is 0 Å². The van der Waals surface area contributed by atoms with Crippen molar-refractivity contribution < 1.29 is 14.3 Å². The van der Waals surface area contributed by atoms with E-state index in [0.29, 0.717) is 6.61 Å². The van der Waals surface area contributed by atoms with Crippen LogP contribution in [0.4, 0.5) is 0 Å². The lowest BCUT2D eigenvalue weighted by atomic mass is 10.1. The second-order valence-corrected chi connectivity index (χ2v) is 5.32. The minimum Gasteiger partial charge on any atom is -0.380 e. The van der Waals surface area contributed by atoms with Gasteiger partial charge < -0.3 is 20.1 Å². The van der Waals surface area contributed by atoms with E-state index < -0.39 is 5.91 Å². The van der Waals surface area contributed by atoms with Crippen molar-refractivity contribution in [2.24, 2.45) is 11.7 Å². The Hall–Kier alpha value is -0.650. The Bertz CT molecular complexity index is 223. The topological polar surface area (TPSA) is 64.8 Å². The standard InChI is InChI=1S/C14H30N2O3/c1-13(2)6-7-16(3)8-11-18-9-4-5-10-19-12-14(15)17/h13H,4-12H2,1-3H3,(H2,15,17). The monoisotopic (exact) mass is 274 g/mol. The SMILES string of the molecule is CC(C)CCN(C)CCOCCCCOCC(N)=O. The summed E-state index contributed by atoms with van der Waals surface area (Å²) in [5.74, 6) is 0.337. The zero-order chi connectivity index (χ0) is 14.5. The highest BCUT2D eigenvalue weighted by atomic mass is 16.5. The fraction of sp³-hybridized carbons (Fsp3) is 0.929. The van der Waals surface area contributed by atoms with Crippen LogP contribution in [0.25, 0.3) is 0 Å². The molecule has 0 atom stereocenters. The summed E-state index contributed by atoms with van der Waals surface area (Å²) in [6, 6.07) is 0. The molecule has 5 heteroatoms. The molecule has 0 radical (unpaired) electrons. The number of nitrogens with zero attached hydrogens (tertiary/aromatic N) is 1. The maximum absolute atomic E-state index is 10.4. The predicted octanol–water partition coefficient (Wildman–Crippen LogP) is 1.26. The molecule has 0 saturated heterocycles. The molecule has 0 aliphatic carbocycles. The summed E-state index contributed by atoms with van der Waals surface area (Å²) in [7, 11) is 2.13. The number of hydrogen-bond acceptors (Lipinski definition) is 4. The van der Waals surface area contributed by atoms with Gasteiger partial charge in [0.2, 0.25) is 5.91 Å². The molecule has 0 saturated carbocycles. The van der Waals surface area contributed by atoms with Gasteiger partial charge in [-0.2, -0.15) is 0 Å². The molecule has 0 aliphatic heterocycles. The minimum absolute atomic E-state index is 0.0154. The number of carbonyl (C=O) groups excluding carboxylic acids is 1. The van der Waals surface area contributed by atoms with Crippen LogP contribution < -0.4 is 5.73 Å². The Morgan fingerprint density at radius 1 is 1.11 bits per heavy atom. The van der Waals surface area contributed by atoms with E-state index in [2.05, 4.69) is 25.8 Å². The third-order valence-electron chi connectivity index (χ3n) is 2.78. The van der Waals surface area contributed by atoms with Gasteiger partial charge in [0.15, 0.2) is 0 Å². The van der Waals surface area contributed by atoms with Gasteiger partial charge in [-0.1, -0.05) is 13.8 Å². The van der Waals surface area contributed by atoms with Crippen molar-refractivity contribution in [1.82, 2.24) is 4.90 Å². The molecule has 114 valence electrons. The summed E-state index contributed by atoms with van der Waals surface area (Å²) in [5.41, 5.74) is 4.95.